The Kier molecular flexibility index (Phi) is 4.23. The standard InChI is InChI=1S/C10H17N3OS/c1-3-4-10(2,11)9(14)12-5-8-6-15-7-13-8/h6-7H,3-5,11H2,1-2H3,(H,12,14). The predicted octanol–water partition coefficient (Wildman–Crippen LogP) is 1.28. The van der Waals surface area contributed by atoms with E-state index in [-0.39, 0.29) is 5.91 Å². The Labute approximate surface area is 93.9 Å². The maximum Gasteiger partial charge on any atom is 0.240 e. The molecule has 0 bridgehead atoms. The number of rotatable bonds is 5. The van der Waals surface area contributed by atoms with Gasteiger partial charge in [0.2, 0.25) is 5.91 Å². The van der Waals surface area contributed by atoms with Crippen LogP contribution in [0.3, 0.4) is 0 Å². The van der Waals surface area contributed by atoms with Crippen molar-refractivity contribution in [3.63, 3.8) is 0 Å². The summed E-state index contributed by atoms with van der Waals surface area (Å²) >= 11 is 1.52. The van der Waals surface area contributed by atoms with Crippen LogP contribution in [0.25, 0.3) is 0 Å². The van der Waals surface area contributed by atoms with Gasteiger partial charge in [0, 0.05) is 5.38 Å². The molecular weight excluding hydrogens is 210 g/mol. The molecule has 5 heteroatoms. The summed E-state index contributed by atoms with van der Waals surface area (Å²) < 4.78 is 0. The van der Waals surface area contributed by atoms with Crippen LogP contribution < -0.4 is 11.1 Å². The zero-order chi connectivity index (χ0) is 11.3. The Morgan fingerprint density at radius 3 is 3.00 bits per heavy atom. The van der Waals surface area contributed by atoms with Gasteiger partial charge in [-0.25, -0.2) is 4.98 Å². The molecule has 3 N–H and O–H groups in total. The lowest BCUT2D eigenvalue weighted by molar-refractivity contribution is -0.126. The second-order valence-corrected chi connectivity index (χ2v) is 4.55. The van der Waals surface area contributed by atoms with E-state index < -0.39 is 5.54 Å². The van der Waals surface area contributed by atoms with E-state index in [4.69, 9.17) is 5.73 Å². The van der Waals surface area contributed by atoms with E-state index in [2.05, 4.69) is 10.3 Å². The van der Waals surface area contributed by atoms with Crippen molar-refractivity contribution in [2.45, 2.75) is 38.8 Å². The molecule has 15 heavy (non-hydrogen) atoms. The lowest BCUT2D eigenvalue weighted by Crippen LogP contribution is -2.51. The molecule has 0 fully saturated rings. The van der Waals surface area contributed by atoms with Crippen molar-refractivity contribution in [3.05, 3.63) is 16.6 Å². The number of nitrogens with one attached hydrogen (secondary N) is 1. The molecular formula is C10H17N3OS. The molecule has 84 valence electrons. The summed E-state index contributed by atoms with van der Waals surface area (Å²) in [4.78, 5) is 15.8. The first kappa shape index (κ1) is 12.1. The number of carbonyl (C=O) groups is 1. The Morgan fingerprint density at radius 2 is 2.47 bits per heavy atom. The Balaban J connectivity index is 2.42. The monoisotopic (exact) mass is 227 g/mol. The summed E-state index contributed by atoms with van der Waals surface area (Å²) in [5.74, 6) is -0.114. The number of hydrogen-bond donors (Lipinski definition) is 2. The highest BCUT2D eigenvalue weighted by molar-refractivity contribution is 7.07. The molecule has 1 aromatic heterocycles. The van der Waals surface area contributed by atoms with Gasteiger partial charge in [-0.1, -0.05) is 13.3 Å². The third kappa shape index (κ3) is 3.60. The van der Waals surface area contributed by atoms with Gasteiger partial charge in [-0.05, 0) is 13.3 Å². The van der Waals surface area contributed by atoms with Crippen molar-refractivity contribution >= 4 is 17.2 Å². The van der Waals surface area contributed by atoms with E-state index in [1.807, 2.05) is 12.3 Å². The number of thiazole rings is 1. The van der Waals surface area contributed by atoms with Crippen molar-refractivity contribution in [2.24, 2.45) is 5.73 Å². The van der Waals surface area contributed by atoms with Gasteiger partial charge in [0.15, 0.2) is 0 Å². The first-order valence-electron chi connectivity index (χ1n) is 5.00. The van der Waals surface area contributed by atoms with Gasteiger partial charge in [0.25, 0.3) is 0 Å². The fourth-order valence-electron chi connectivity index (χ4n) is 1.33. The molecule has 0 saturated carbocycles. The van der Waals surface area contributed by atoms with Gasteiger partial charge in [0.1, 0.15) is 0 Å². The first-order chi connectivity index (χ1) is 7.06. The number of hydrogen-bond acceptors (Lipinski definition) is 4. The SMILES string of the molecule is CCCC(C)(N)C(=O)NCc1cscn1. The Morgan fingerprint density at radius 1 is 1.73 bits per heavy atom. The molecule has 1 aromatic rings. The summed E-state index contributed by atoms with van der Waals surface area (Å²) in [6.07, 6.45) is 1.59. The minimum atomic E-state index is -0.773. The summed E-state index contributed by atoms with van der Waals surface area (Å²) in [6.45, 7) is 4.23. The highest BCUT2D eigenvalue weighted by Crippen LogP contribution is 2.09. The molecule has 0 spiro atoms. The van der Waals surface area contributed by atoms with Gasteiger partial charge in [0.05, 0.1) is 23.3 Å². The third-order valence-electron chi connectivity index (χ3n) is 2.20. The van der Waals surface area contributed by atoms with Gasteiger partial charge in [-0.2, -0.15) is 0 Å². The highest BCUT2D eigenvalue weighted by Gasteiger charge is 2.26. The van der Waals surface area contributed by atoms with E-state index >= 15 is 0 Å². The molecule has 1 amide bonds. The van der Waals surface area contributed by atoms with Crippen molar-refractivity contribution in [2.75, 3.05) is 0 Å². The first-order valence-corrected chi connectivity index (χ1v) is 5.95. The molecule has 0 aromatic carbocycles. The van der Waals surface area contributed by atoms with E-state index in [0.29, 0.717) is 13.0 Å². The van der Waals surface area contributed by atoms with Crippen molar-refractivity contribution < 1.29 is 4.79 Å². The molecule has 1 atom stereocenters. The number of amides is 1. The molecule has 1 unspecified atom stereocenters. The van der Waals surface area contributed by atoms with Gasteiger partial charge < -0.3 is 11.1 Å². The minimum Gasteiger partial charge on any atom is -0.349 e. The molecule has 0 radical (unpaired) electrons. The molecule has 1 heterocycles. The van der Waals surface area contributed by atoms with E-state index in [1.165, 1.54) is 11.3 Å². The Bertz CT molecular complexity index is 308. The quantitative estimate of drug-likeness (QED) is 0.796. The number of nitrogens with two attached hydrogens (primary N) is 1. The Hall–Kier alpha value is -0.940. The molecule has 0 aliphatic carbocycles. The van der Waals surface area contributed by atoms with Crippen molar-refractivity contribution in [1.82, 2.24) is 10.3 Å². The van der Waals surface area contributed by atoms with Crippen LogP contribution in [0.1, 0.15) is 32.4 Å². The second kappa shape index (κ2) is 5.23. The maximum absolute atomic E-state index is 11.7. The van der Waals surface area contributed by atoms with Crippen molar-refractivity contribution in [1.29, 1.82) is 0 Å². The highest BCUT2D eigenvalue weighted by atomic mass is 32.1. The van der Waals surface area contributed by atoms with Crippen LogP contribution in [-0.4, -0.2) is 16.4 Å². The second-order valence-electron chi connectivity index (χ2n) is 3.83. The van der Waals surface area contributed by atoms with Gasteiger partial charge >= 0.3 is 0 Å². The van der Waals surface area contributed by atoms with Crippen LogP contribution in [0.2, 0.25) is 0 Å². The molecule has 0 saturated heterocycles. The van der Waals surface area contributed by atoms with Crippen LogP contribution in [0.15, 0.2) is 10.9 Å². The average Bonchev–Trinajstić information content (AvgIpc) is 2.66. The molecule has 1 rings (SSSR count). The van der Waals surface area contributed by atoms with Crippen LogP contribution in [0, 0.1) is 0 Å². The smallest absolute Gasteiger partial charge is 0.240 e. The topological polar surface area (TPSA) is 68.0 Å². The number of aromatic nitrogens is 1. The minimum absolute atomic E-state index is 0.114. The van der Waals surface area contributed by atoms with E-state index in [9.17, 15) is 4.79 Å². The maximum atomic E-state index is 11.7. The fraction of sp³-hybridized carbons (Fsp3) is 0.600. The average molecular weight is 227 g/mol. The molecule has 0 aliphatic rings. The molecule has 4 nitrogen and oxygen atoms in total. The number of nitrogens with zero attached hydrogens (tertiary/aromatic N) is 1. The van der Waals surface area contributed by atoms with Gasteiger partial charge in [-0.3, -0.25) is 4.79 Å². The van der Waals surface area contributed by atoms with Crippen molar-refractivity contribution in [3.8, 4) is 0 Å². The lowest BCUT2D eigenvalue weighted by atomic mass is 9.96. The van der Waals surface area contributed by atoms with E-state index in [1.54, 1.807) is 12.4 Å². The van der Waals surface area contributed by atoms with Crippen LogP contribution in [-0.2, 0) is 11.3 Å². The van der Waals surface area contributed by atoms with Crippen LogP contribution in [0.4, 0.5) is 0 Å². The zero-order valence-electron chi connectivity index (χ0n) is 9.12. The summed E-state index contributed by atoms with van der Waals surface area (Å²) in [6, 6.07) is 0. The summed E-state index contributed by atoms with van der Waals surface area (Å²) in [7, 11) is 0. The van der Waals surface area contributed by atoms with E-state index in [0.717, 1.165) is 12.1 Å². The number of carbonyl (C=O) groups excluding carboxylic acids is 1. The summed E-state index contributed by atoms with van der Waals surface area (Å²) in [5, 5.41) is 4.70. The predicted molar refractivity (Wildman–Crippen MR) is 61.5 cm³/mol. The van der Waals surface area contributed by atoms with Crippen LogP contribution in [0.5, 0.6) is 0 Å². The normalized spacial score (nSPS) is 14.6. The summed E-state index contributed by atoms with van der Waals surface area (Å²) in [5.41, 5.74) is 7.73. The largest absolute Gasteiger partial charge is 0.349 e. The fourth-order valence-corrected chi connectivity index (χ4v) is 1.89. The zero-order valence-corrected chi connectivity index (χ0v) is 9.93. The molecule has 0 aliphatic heterocycles. The van der Waals surface area contributed by atoms with Crippen LogP contribution >= 0.6 is 11.3 Å². The third-order valence-corrected chi connectivity index (χ3v) is 2.84. The lowest BCUT2D eigenvalue weighted by Gasteiger charge is -2.22. The van der Waals surface area contributed by atoms with Gasteiger partial charge in [-0.15, -0.1) is 11.3 Å².